The average molecular weight is 441 g/mol. The normalized spacial score (nSPS) is 17.4. The third-order valence-corrected chi connectivity index (χ3v) is 12.3. The zero-order chi connectivity index (χ0) is 22.6. The SMILES string of the molecule is CCCCCCc1nc(-c2ccc(OC)nc2)cc2c1[Si](C(C)C)(C(C)C)O[C@@H]2CC. The lowest BCUT2D eigenvalue weighted by Crippen LogP contribution is -2.54. The first kappa shape index (κ1) is 23.9. The summed E-state index contributed by atoms with van der Waals surface area (Å²) in [5.41, 5.74) is 5.77. The molecule has 0 amide bonds. The van der Waals surface area contributed by atoms with Gasteiger partial charge >= 0.3 is 0 Å². The van der Waals surface area contributed by atoms with Crippen molar-refractivity contribution < 1.29 is 9.16 Å². The first-order valence-corrected chi connectivity index (χ1v) is 14.2. The van der Waals surface area contributed by atoms with Crippen LogP contribution in [0.25, 0.3) is 11.3 Å². The second-order valence-electron chi connectivity index (χ2n) is 9.44. The fourth-order valence-corrected chi connectivity index (χ4v) is 10.4. The molecule has 0 fully saturated rings. The van der Waals surface area contributed by atoms with E-state index in [4.69, 9.17) is 14.1 Å². The van der Waals surface area contributed by atoms with Gasteiger partial charge in [0.25, 0.3) is 0 Å². The second kappa shape index (κ2) is 10.3. The van der Waals surface area contributed by atoms with Gasteiger partial charge in [-0.25, -0.2) is 4.98 Å². The minimum Gasteiger partial charge on any atom is -0.481 e. The molecule has 5 heteroatoms. The molecule has 1 atom stereocenters. The fraction of sp³-hybridized carbons (Fsp3) is 0.615. The van der Waals surface area contributed by atoms with E-state index in [1.54, 1.807) is 7.11 Å². The molecule has 0 aromatic carbocycles. The summed E-state index contributed by atoms with van der Waals surface area (Å²) >= 11 is 0. The highest BCUT2D eigenvalue weighted by atomic mass is 28.4. The van der Waals surface area contributed by atoms with E-state index in [9.17, 15) is 0 Å². The molecule has 0 saturated carbocycles. The first-order chi connectivity index (χ1) is 14.9. The molecule has 0 bridgehead atoms. The molecule has 2 aromatic heterocycles. The van der Waals surface area contributed by atoms with Crippen molar-refractivity contribution in [2.75, 3.05) is 7.11 Å². The molecule has 0 saturated heterocycles. The minimum atomic E-state index is -2.14. The maximum atomic E-state index is 7.05. The number of hydrogen-bond donors (Lipinski definition) is 0. The molecular formula is C26H40N2O2Si. The highest BCUT2D eigenvalue weighted by Crippen LogP contribution is 2.45. The Morgan fingerprint density at radius 1 is 1.06 bits per heavy atom. The Morgan fingerprint density at radius 2 is 1.81 bits per heavy atom. The van der Waals surface area contributed by atoms with E-state index < -0.39 is 8.32 Å². The molecule has 31 heavy (non-hydrogen) atoms. The summed E-state index contributed by atoms with van der Waals surface area (Å²) in [4.78, 5) is 9.69. The van der Waals surface area contributed by atoms with Crippen LogP contribution in [0.4, 0.5) is 0 Å². The van der Waals surface area contributed by atoms with Gasteiger partial charge < -0.3 is 9.16 Å². The highest BCUT2D eigenvalue weighted by Gasteiger charge is 2.53. The van der Waals surface area contributed by atoms with Crippen LogP contribution in [0.15, 0.2) is 24.4 Å². The van der Waals surface area contributed by atoms with Gasteiger partial charge in [0, 0.05) is 23.5 Å². The number of fused-ring (bicyclic) bond motifs is 1. The van der Waals surface area contributed by atoms with Crippen molar-refractivity contribution in [3.63, 3.8) is 0 Å². The smallest absolute Gasteiger partial charge is 0.232 e. The summed E-state index contributed by atoms with van der Waals surface area (Å²) in [6, 6.07) is 6.27. The van der Waals surface area contributed by atoms with Gasteiger partial charge in [-0.1, -0.05) is 60.8 Å². The maximum absolute atomic E-state index is 7.05. The summed E-state index contributed by atoms with van der Waals surface area (Å²) < 4.78 is 12.3. The largest absolute Gasteiger partial charge is 0.481 e. The number of aryl methyl sites for hydroxylation is 1. The molecule has 2 aromatic rings. The first-order valence-electron chi connectivity index (χ1n) is 12.1. The molecule has 1 aliphatic heterocycles. The van der Waals surface area contributed by atoms with Crippen molar-refractivity contribution in [3.8, 4) is 17.1 Å². The molecule has 4 nitrogen and oxygen atoms in total. The number of methoxy groups -OCH3 is 1. The van der Waals surface area contributed by atoms with Crippen LogP contribution in [0.1, 0.15) is 91.0 Å². The van der Waals surface area contributed by atoms with Crippen LogP contribution < -0.4 is 9.92 Å². The average Bonchev–Trinajstić information content (AvgIpc) is 3.13. The standard InChI is InChI=1S/C26H40N2O2Si/c1-8-10-11-12-13-22-26-21(24(9-2)30-31(26,18(3)4)19(5)6)16-23(28-22)20-14-15-25(29-7)27-17-20/h14-19,24H,8-13H2,1-7H3/t24-/m1/s1. The predicted octanol–water partition coefficient (Wildman–Crippen LogP) is 6.73. The molecule has 0 N–H and O–H groups in total. The number of hydrogen-bond acceptors (Lipinski definition) is 4. The van der Waals surface area contributed by atoms with Crippen molar-refractivity contribution in [2.24, 2.45) is 0 Å². The zero-order valence-electron chi connectivity index (χ0n) is 20.5. The number of nitrogens with zero attached hydrogens (tertiary/aromatic N) is 2. The minimum absolute atomic E-state index is 0.175. The van der Waals surface area contributed by atoms with Crippen molar-refractivity contribution in [2.45, 2.75) is 97.3 Å². The third-order valence-electron chi connectivity index (χ3n) is 6.79. The van der Waals surface area contributed by atoms with Crippen molar-refractivity contribution >= 4 is 13.5 Å². The second-order valence-corrected chi connectivity index (χ2v) is 14.1. The number of pyridine rings is 2. The number of aromatic nitrogens is 2. The highest BCUT2D eigenvalue weighted by molar-refractivity contribution is 6.90. The van der Waals surface area contributed by atoms with Crippen LogP contribution in [-0.4, -0.2) is 25.4 Å². The lowest BCUT2D eigenvalue weighted by atomic mass is 10.0. The van der Waals surface area contributed by atoms with Crippen LogP contribution in [-0.2, 0) is 10.8 Å². The monoisotopic (exact) mass is 440 g/mol. The summed E-state index contributed by atoms with van der Waals surface area (Å²) in [7, 11) is -0.493. The van der Waals surface area contributed by atoms with Gasteiger partial charge in [-0.3, -0.25) is 4.98 Å². The van der Waals surface area contributed by atoms with Crippen LogP contribution >= 0.6 is 0 Å². The van der Waals surface area contributed by atoms with Gasteiger partial charge in [0.05, 0.1) is 18.9 Å². The fourth-order valence-electron chi connectivity index (χ4n) is 5.20. The van der Waals surface area contributed by atoms with E-state index in [0.717, 1.165) is 24.1 Å². The van der Waals surface area contributed by atoms with Crippen LogP contribution in [0, 0.1) is 0 Å². The molecule has 0 radical (unpaired) electrons. The number of ether oxygens (including phenoxy) is 1. The van der Waals surface area contributed by atoms with Crippen molar-refractivity contribution in [3.05, 3.63) is 35.7 Å². The third kappa shape index (κ3) is 4.58. The zero-order valence-corrected chi connectivity index (χ0v) is 21.5. The lowest BCUT2D eigenvalue weighted by molar-refractivity contribution is 0.198. The van der Waals surface area contributed by atoms with E-state index in [1.807, 2.05) is 12.3 Å². The lowest BCUT2D eigenvalue weighted by Gasteiger charge is -2.36. The van der Waals surface area contributed by atoms with Crippen LogP contribution in [0.5, 0.6) is 5.88 Å². The molecule has 3 heterocycles. The molecule has 3 rings (SSSR count). The van der Waals surface area contributed by atoms with E-state index in [1.165, 1.54) is 42.1 Å². The van der Waals surface area contributed by atoms with Gasteiger partial charge in [-0.05, 0) is 53.2 Å². The Bertz CT molecular complexity index is 856. The van der Waals surface area contributed by atoms with Crippen LogP contribution in [0.3, 0.4) is 0 Å². The van der Waals surface area contributed by atoms with Crippen molar-refractivity contribution in [1.29, 1.82) is 0 Å². The maximum Gasteiger partial charge on any atom is 0.232 e. The number of rotatable bonds is 10. The van der Waals surface area contributed by atoms with E-state index >= 15 is 0 Å². The Balaban J connectivity index is 2.16. The Morgan fingerprint density at radius 3 is 2.35 bits per heavy atom. The van der Waals surface area contributed by atoms with Gasteiger partial charge in [0.15, 0.2) is 0 Å². The van der Waals surface area contributed by atoms with E-state index in [0.29, 0.717) is 17.0 Å². The van der Waals surface area contributed by atoms with Crippen LogP contribution in [0.2, 0.25) is 11.1 Å². The Hall–Kier alpha value is -1.72. The predicted molar refractivity (Wildman–Crippen MR) is 132 cm³/mol. The molecule has 170 valence electrons. The Kier molecular flexibility index (Phi) is 7.92. The molecule has 0 unspecified atom stereocenters. The van der Waals surface area contributed by atoms with Gasteiger partial charge in [0.2, 0.25) is 14.2 Å². The summed E-state index contributed by atoms with van der Waals surface area (Å²) in [6.45, 7) is 13.9. The molecular weight excluding hydrogens is 400 g/mol. The van der Waals surface area contributed by atoms with E-state index in [-0.39, 0.29) is 6.10 Å². The summed E-state index contributed by atoms with van der Waals surface area (Å²) in [5, 5.41) is 1.51. The van der Waals surface area contributed by atoms with Gasteiger partial charge in [0.1, 0.15) is 0 Å². The number of unbranched alkanes of at least 4 members (excludes halogenated alkanes) is 3. The molecule has 0 aliphatic carbocycles. The van der Waals surface area contributed by atoms with Gasteiger partial charge in [-0.2, -0.15) is 0 Å². The van der Waals surface area contributed by atoms with Gasteiger partial charge in [-0.15, -0.1) is 0 Å². The van der Waals surface area contributed by atoms with E-state index in [2.05, 4.69) is 58.7 Å². The Labute approximate surface area is 189 Å². The molecule has 0 spiro atoms. The quantitative estimate of drug-likeness (QED) is 0.303. The molecule has 1 aliphatic rings. The topological polar surface area (TPSA) is 44.2 Å². The summed E-state index contributed by atoms with van der Waals surface area (Å²) in [5.74, 6) is 0.630. The summed E-state index contributed by atoms with van der Waals surface area (Å²) in [6.07, 6.45) is 9.08. The van der Waals surface area contributed by atoms with Crippen molar-refractivity contribution in [1.82, 2.24) is 9.97 Å².